The van der Waals surface area contributed by atoms with Crippen molar-refractivity contribution >= 4 is 23.5 Å². The number of methoxy groups -OCH3 is 2. The number of hydrogen-bond donors (Lipinski definition) is 2. The van der Waals surface area contributed by atoms with Crippen molar-refractivity contribution in [1.82, 2.24) is 5.32 Å². The lowest BCUT2D eigenvalue weighted by Crippen LogP contribution is -2.35. The molecule has 0 spiro atoms. The number of anilines is 1. The van der Waals surface area contributed by atoms with E-state index >= 15 is 0 Å². The molecule has 4 rings (SSSR count). The van der Waals surface area contributed by atoms with Gasteiger partial charge in [0.15, 0.2) is 17.3 Å². The van der Waals surface area contributed by atoms with Crippen LogP contribution >= 0.6 is 0 Å². The number of ketones is 1. The number of allylic oxidation sites excluding steroid dienone is 1. The highest BCUT2D eigenvalue weighted by atomic mass is 16.7. The predicted octanol–water partition coefficient (Wildman–Crippen LogP) is 3.41. The second kappa shape index (κ2) is 9.32. The first kappa shape index (κ1) is 21.7. The fourth-order valence-electron chi connectivity index (χ4n) is 3.85. The lowest BCUT2D eigenvalue weighted by molar-refractivity contribution is -0.117. The summed E-state index contributed by atoms with van der Waals surface area (Å²) in [5.41, 5.74) is 2.28. The molecule has 32 heavy (non-hydrogen) atoms. The van der Waals surface area contributed by atoms with Crippen molar-refractivity contribution in [3.63, 3.8) is 0 Å². The van der Waals surface area contributed by atoms with E-state index in [1.807, 2.05) is 6.07 Å². The molecule has 8 nitrogen and oxygen atoms in total. The Morgan fingerprint density at radius 2 is 1.94 bits per heavy atom. The quantitative estimate of drug-likeness (QED) is 0.505. The van der Waals surface area contributed by atoms with E-state index in [9.17, 15) is 9.59 Å². The summed E-state index contributed by atoms with van der Waals surface area (Å²) in [4.78, 5) is 25.6. The van der Waals surface area contributed by atoms with Crippen LogP contribution in [0.5, 0.6) is 23.0 Å². The third-order valence-electron chi connectivity index (χ3n) is 5.52. The molecule has 0 radical (unpaired) electrons. The van der Waals surface area contributed by atoms with Gasteiger partial charge in [-0.15, -0.1) is 0 Å². The Morgan fingerprint density at radius 3 is 2.66 bits per heavy atom. The number of hydrogen-bond acceptors (Lipinski definition) is 7. The Hall–Kier alpha value is -3.52. The van der Waals surface area contributed by atoms with Crippen molar-refractivity contribution in [2.24, 2.45) is 0 Å². The summed E-state index contributed by atoms with van der Waals surface area (Å²) in [5.74, 6) is 1.72. The molecule has 0 aromatic heterocycles. The van der Waals surface area contributed by atoms with Crippen LogP contribution in [-0.4, -0.2) is 45.3 Å². The van der Waals surface area contributed by atoms with Crippen LogP contribution in [0.25, 0.3) is 6.08 Å². The van der Waals surface area contributed by atoms with E-state index in [4.69, 9.17) is 18.9 Å². The van der Waals surface area contributed by atoms with Gasteiger partial charge in [-0.05, 0) is 67.8 Å². The lowest BCUT2D eigenvalue weighted by atomic mass is 10.0. The highest BCUT2D eigenvalue weighted by Gasteiger charge is 2.24. The summed E-state index contributed by atoms with van der Waals surface area (Å²) in [6.07, 6.45) is 3.55. The van der Waals surface area contributed by atoms with Crippen molar-refractivity contribution in [2.45, 2.75) is 25.8 Å². The summed E-state index contributed by atoms with van der Waals surface area (Å²) in [6.45, 7) is 2.67. The molecular formula is C24H26N2O6. The highest BCUT2D eigenvalue weighted by Crippen LogP contribution is 2.42. The minimum absolute atomic E-state index is 0.0921. The standard InChI is InChI=1S/C24H26N2O6/c1-14(22(27)16-11-20(30-3)23-21(12-16)31-13-32-23)9-15-6-7-19(29-2)18(10-15)26-24(28)17-5-4-8-25-17/h6-7,9-12,17,25H,4-5,8,13H2,1-3H3,(H,26,28). The van der Waals surface area contributed by atoms with Crippen LogP contribution in [0.4, 0.5) is 5.69 Å². The lowest BCUT2D eigenvalue weighted by Gasteiger charge is -2.14. The number of amides is 1. The van der Waals surface area contributed by atoms with Gasteiger partial charge in [-0.1, -0.05) is 6.07 Å². The summed E-state index contributed by atoms with van der Waals surface area (Å²) in [7, 11) is 3.07. The second-order valence-electron chi connectivity index (χ2n) is 7.67. The van der Waals surface area contributed by atoms with Crippen molar-refractivity contribution in [3.05, 3.63) is 47.0 Å². The molecule has 2 aliphatic heterocycles. The molecule has 0 aliphatic carbocycles. The normalized spacial score (nSPS) is 17.2. The predicted molar refractivity (Wildman–Crippen MR) is 120 cm³/mol. The fourth-order valence-corrected chi connectivity index (χ4v) is 3.85. The van der Waals surface area contributed by atoms with E-state index in [-0.39, 0.29) is 24.5 Å². The van der Waals surface area contributed by atoms with Crippen LogP contribution in [0.3, 0.4) is 0 Å². The van der Waals surface area contributed by atoms with Gasteiger partial charge in [-0.25, -0.2) is 0 Å². The Morgan fingerprint density at radius 1 is 1.12 bits per heavy atom. The van der Waals surface area contributed by atoms with Gasteiger partial charge >= 0.3 is 0 Å². The number of Topliss-reactive ketones (excluding diaryl/α,β-unsaturated/α-hetero) is 1. The summed E-state index contributed by atoms with van der Waals surface area (Å²) in [5, 5.41) is 6.12. The monoisotopic (exact) mass is 438 g/mol. The molecule has 2 N–H and O–H groups in total. The topological polar surface area (TPSA) is 95.1 Å². The maximum absolute atomic E-state index is 13.1. The first-order valence-corrected chi connectivity index (χ1v) is 10.4. The Labute approximate surface area is 186 Å². The zero-order valence-corrected chi connectivity index (χ0v) is 18.3. The van der Waals surface area contributed by atoms with Gasteiger partial charge in [-0.2, -0.15) is 0 Å². The van der Waals surface area contributed by atoms with Crippen LogP contribution in [-0.2, 0) is 4.79 Å². The number of carbonyl (C=O) groups is 2. The van der Waals surface area contributed by atoms with E-state index < -0.39 is 0 Å². The van der Waals surface area contributed by atoms with Gasteiger partial charge in [0, 0.05) is 5.56 Å². The van der Waals surface area contributed by atoms with E-state index in [1.54, 1.807) is 44.4 Å². The van der Waals surface area contributed by atoms with E-state index in [2.05, 4.69) is 10.6 Å². The maximum Gasteiger partial charge on any atom is 0.241 e. The molecule has 1 amide bonds. The molecule has 2 aromatic rings. The molecule has 2 aromatic carbocycles. The van der Waals surface area contributed by atoms with Gasteiger partial charge in [-0.3, -0.25) is 9.59 Å². The van der Waals surface area contributed by atoms with Crippen LogP contribution < -0.4 is 29.6 Å². The summed E-state index contributed by atoms with van der Waals surface area (Å²) >= 11 is 0. The van der Waals surface area contributed by atoms with Crippen LogP contribution in [0.2, 0.25) is 0 Å². The summed E-state index contributed by atoms with van der Waals surface area (Å²) in [6, 6.07) is 8.48. The average Bonchev–Trinajstić information content (AvgIpc) is 3.50. The van der Waals surface area contributed by atoms with E-state index in [0.717, 1.165) is 24.9 Å². The molecule has 8 heteroatoms. The second-order valence-corrected chi connectivity index (χ2v) is 7.67. The Balaban J connectivity index is 1.57. The molecule has 2 heterocycles. The van der Waals surface area contributed by atoms with Crippen LogP contribution in [0.1, 0.15) is 35.7 Å². The molecule has 0 bridgehead atoms. The third-order valence-corrected chi connectivity index (χ3v) is 5.52. The van der Waals surface area contributed by atoms with E-state index in [1.165, 1.54) is 7.11 Å². The van der Waals surface area contributed by atoms with Gasteiger partial charge in [0.2, 0.25) is 18.4 Å². The highest BCUT2D eigenvalue weighted by molar-refractivity contribution is 6.11. The SMILES string of the molecule is COc1ccc(C=C(C)C(=O)c2cc(OC)c3c(c2)OCO3)cc1NC(=O)C1CCCN1. The minimum atomic E-state index is -0.205. The largest absolute Gasteiger partial charge is 0.495 e. The van der Waals surface area contributed by atoms with Gasteiger partial charge in [0.1, 0.15) is 5.75 Å². The first-order valence-electron chi connectivity index (χ1n) is 10.4. The molecule has 0 saturated carbocycles. The van der Waals surface area contributed by atoms with Crippen molar-refractivity contribution < 1.29 is 28.5 Å². The number of carbonyl (C=O) groups excluding carboxylic acids is 2. The zero-order valence-electron chi connectivity index (χ0n) is 18.3. The van der Waals surface area contributed by atoms with Crippen molar-refractivity contribution in [2.75, 3.05) is 32.9 Å². The average molecular weight is 438 g/mol. The molecule has 1 unspecified atom stereocenters. The fraction of sp³-hybridized carbons (Fsp3) is 0.333. The minimum Gasteiger partial charge on any atom is -0.495 e. The van der Waals surface area contributed by atoms with Gasteiger partial charge in [0.25, 0.3) is 0 Å². The smallest absolute Gasteiger partial charge is 0.241 e. The van der Waals surface area contributed by atoms with Crippen LogP contribution in [0.15, 0.2) is 35.9 Å². The third kappa shape index (κ3) is 4.40. The number of nitrogens with one attached hydrogen (secondary N) is 2. The van der Waals surface area contributed by atoms with E-state index in [0.29, 0.717) is 39.8 Å². The van der Waals surface area contributed by atoms with Gasteiger partial charge < -0.3 is 29.6 Å². The first-order chi connectivity index (χ1) is 15.5. The van der Waals surface area contributed by atoms with Crippen LogP contribution in [0, 0.1) is 0 Å². The molecule has 2 aliphatic rings. The maximum atomic E-state index is 13.1. The summed E-state index contributed by atoms with van der Waals surface area (Å²) < 4.78 is 21.5. The van der Waals surface area contributed by atoms with Crippen molar-refractivity contribution in [1.29, 1.82) is 0 Å². The molecular weight excluding hydrogens is 412 g/mol. The molecule has 1 atom stereocenters. The molecule has 1 saturated heterocycles. The Kier molecular flexibility index (Phi) is 6.32. The number of rotatable bonds is 7. The van der Waals surface area contributed by atoms with Crippen molar-refractivity contribution in [3.8, 4) is 23.0 Å². The number of fused-ring (bicyclic) bond motifs is 1. The Bertz CT molecular complexity index is 1070. The number of benzene rings is 2. The zero-order chi connectivity index (χ0) is 22.7. The number of ether oxygens (including phenoxy) is 4. The molecule has 1 fully saturated rings. The van der Waals surface area contributed by atoms with Gasteiger partial charge in [0.05, 0.1) is 25.9 Å². The molecule has 168 valence electrons.